The lowest BCUT2D eigenvalue weighted by molar-refractivity contribution is 0.416. The van der Waals surface area contributed by atoms with Crippen molar-refractivity contribution in [1.82, 2.24) is 5.32 Å². The molecule has 102 valence electrons. The monoisotopic (exact) mass is 247 g/mol. The van der Waals surface area contributed by atoms with E-state index in [0.29, 0.717) is 6.04 Å². The molecular weight excluding hydrogens is 218 g/mol. The maximum atomic E-state index is 3.68. The van der Waals surface area contributed by atoms with Crippen molar-refractivity contribution in [2.75, 3.05) is 6.54 Å². The molecular formula is C17H29N. The number of nitrogens with one attached hydrogen (secondary N) is 1. The summed E-state index contributed by atoms with van der Waals surface area (Å²) in [5.41, 5.74) is 4.26. The maximum Gasteiger partial charge on any atom is 0.0110 e. The molecule has 1 rings (SSSR count). The minimum Gasteiger partial charge on any atom is -0.314 e. The van der Waals surface area contributed by atoms with Crippen molar-refractivity contribution in [1.29, 1.82) is 0 Å². The molecule has 0 aliphatic carbocycles. The SMILES string of the molecule is CCCNC(Cc1ccc(C)c(C)c1)CC(C)C. The predicted octanol–water partition coefficient (Wildman–Crippen LogP) is 4.26. The zero-order chi connectivity index (χ0) is 13.5. The number of aryl methyl sites for hydroxylation is 2. The Hall–Kier alpha value is -0.820. The van der Waals surface area contributed by atoms with Crippen LogP contribution in [-0.2, 0) is 6.42 Å². The normalized spacial score (nSPS) is 13.0. The number of benzene rings is 1. The molecule has 1 nitrogen and oxygen atoms in total. The summed E-state index contributed by atoms with van der Waals surface area (Å²) in [4.78, 5) is 0. The third-order valence-corrected chi connectivity index (χ3v) is 3.49. The summed E-state index contributed by atoms with van der Waals surface area (Å²) in [6, 6.07) is 7.49. The van der Waals surface area contributed by atoms with Crippen LogP contribution in [0.4, 0.5) is 0 Å². The van der Waals surface area contributed by atoms with Crippen molar-refractivity contribution in [3.05, 3.63) is 34.9 Å². The molecule has 0 bridgehead atoms. The van der Waals surface area contributed by atoms with E-state index in [4.69, 9.17) is 0 Å². The Labute approximate surface area is 113 Å². The molecule has 0 radical (unpaired) electrons. The van der Waals surface area contributed by atoms with Crippen LogP contribution in [0.3, 0.4) is 0 Å². The Morgan fingerprint density at radius 2 is 1.83 bits per heavy atom. The van der Waals surface area contributed by atoms with Gasteiger partial charge in [-0.15, -0.1) is 0 Å². The highest BCUT2D eigenvalue weighted by Crippen LogP contribution is 2.15. The Balaban J connectivity index is 2.65. The van der Waals surface area contributed by atoms with E-state index >= 15 is 0 Å². The van der Waals surface area contributed by atoms with E-state index in [1.54, 1.807) is 0 Å². The van der Waals surface area contributed by atoms with E-state index in [2.05, 4.69) is 58.1 Å². The van der Waals surface area contributed by atoms with Crippen LogP contribution in [0.15, 0.2) is 18.2 Å². The third kappa shape index (κ3) is 5.22. The van der Waals surface area contributed by atoms with Gasteiger partial charge in [-0.2, -0.15) is 0 Å². The van der Waals surface area contributed by atoms with Crippen molar-refractivity contribution >= 4 is 0 Å². The second-order valence-corrected chi connectivity index (χ2v) is 5.90. The molecule has 1 heteroatoms. The molecule has 0 aromatic heterocycles. The number of hydrogen-bond acceptors (Lipinski definition) is 1. The molecule has 18 heavy (non-hydrogen) atoms. The summed E-state index contributed by atoms with van der Waals surface area (Å²) in [5.74, 6) is 0.755. The van der Waals surface area contributed by atoms with Crippen molar-refractivity contribution in [2.45, 2.75) is 59.9 Å². The first-order chi connectivity index (χ1) is 8.52. The topological polar surface area (TPSA) is 12.0 Å². The summed E-state index contributed by atoms with van der Waals surface area (Å²) in [6.45, 7) is 12.4. The van der Waals surface area contributed by atoms with Gasteiger partial charge in [0, 0.05) is 6.04 Å². The van der Waals surface area contributed by atoms with Gasteiger partial charge in [-0.1, -0.05) is 39.0 Å². The van der Waals surface area contributed by atoms with E-state index in [0.717, 1.165) is 18.9 Å². The molecule has 0 amide bonds. The largest absolute Gasteiger partial charge is 0.314 e. The smallest absolute Gasteiger partial charge is 0.0110 e. The fourth-order valence-electron chi connectivity index (χ4n) is 2.37. The lowest BCUT2D eigenvalue weighted by Crippen LogP contribution is -2.33. The standard InChI is InChI=1S/C17H29N/c1-6-9-18-17(10-13(2)3)12-16-8-7-14(4)15(5)11-16/h7-8,11,13,17-18H,6,9-10,12H2,1-5H3. The fourth-order valence-corrected chi connectivity index (χ4v) is 2.37. The minimum atomic E-state index is 0.618. The average molecular weight is 247 g/mol. The van der Waals surface area contributed by atoms with Crippen molar-refractivity contribution in [3.8, 4) is 0 Å². The molecule has 0 aliphatic heterocycles. The van der Waals surface area contributed by atoms with Gasteiger partial charge in [0.1, 0.15) is 0 Å². The van der Waals surface area contributed by atoms with Gasteiger partial charge >= 0.3 is 0 Å². The first-order valence-electron chi connectivity index (χ1n) is 7.32. The Bertz CT molecular complexity index is 355. The molecule has 0 fully saturated rings. The van der Waals surface area contributed by atoms with Crippen LogP contribution in [0.2, 0.25) is 0 Å². The average Bonchev–Trinajstić information content (AvgIpc) is 2.30. The summed E-state index contributed by atoms with van der Waals surface area (Å²) in [7, 11) is 0. The highest BCUT2D eigenvalue weighted by Gasteiger charge is 2.11. The zero-order valence-electron chi connectivity index (χ0n) is 12.7. The lowest BCUT2D eigenvalue weighted by atomic mass is 9.95. The van der Waals surface area contributed by atoms with Crippen LogP contribution in [-0.4, -0.2) is 12.6 Å². The van der Waals surface area contributed by atoms with E-state index in [1.165, 1.54) is 29.5 Å². The van der Waals surface area contributed by atoms with Gasteiger partial charge in [-0.3, -0.25) is 0 Å². The number of rotatable bonds is 7. The van der Waals surface area contributed by atoms with Crippen LogP contribution in [0, 0.1) is 19.8 Å². The molecule has 1 aromatic rings. The van der Waals surface area contributed by atoms with Crippen LogP contribution in [0.1, 0.15) is 50.3 Å². The highest BCUT2D eigenvalue weighted by molar-refractivity contribution is 5.30. The second-order valence-electron chi connectivity index (χ2n) is 5.90. The molecule has 1 aromatic carbocycles. The minimum absolute atomic E-state index is 0.618. The summed E-state index contributed by atoms with van der Waals surface area (Å²) in [6.07, 6.45) is 3.62. The molecule has 1 N–H and O–H groups in total. The summed E-state index contributed by atoms with van der Waals surface area (Å²) in [5, 5.41) is 3.68. The predicted molar refractivity (Wildman–Crippen MR) is 81.2 cm³/mol. The first kappa shape index (κ1) is 15.2. The molecule has 0 saturated carbocycles. The zero-order valence-corrected chi connectivity index (χ0v) is 12.7. The van der Waals surface area contributed by atoms with Crippen LogP contribution < -0.4 is 5.32 Å². The van der Waals surface area contributed by atoms with Gasteiger partial charge in [0.25, 0.3) is 0 Å². The second kappa shape index (κ2) is 7.58. The molecule has 1 atom stereocenters. The van der Waals surface area contributed by atoms with Crippen molar-refractivity contribution in [2.24, 2.45) is 5.92 Å². The lowest BCUT2D eigenvalue weighted by Gasteiger charge is -2.21. The highest BCUT2D eigenvalue weighted by atomic mass is 14.9. The third-order valence-electron chi connectivity index (χ3n) is 3.49. The molecule has 0 heterocycles. The van der Waals surface area contributed by atoms with Gasteiger partial charge in [0.2, 0.25) is 0 Å². The van der Waals surface area contributed by atoms with E-state index in [9.17, 15) is 0 Å². The van der Waals surface area contributed by atoms with Gasteiger partial charge < -0.3 is 5.32 Å². The first-order valence-corrected chi connectivity index (χ1v) is 7.32. The Kier molecular flexibility index (Phi) is 6.42. The number of hydrogen-bond donors (Lipinski definition) is 1. The van der Waals surface area contributed by atoms with Crippen LogP contribution in [0.25, 0.3) is 0 Å². The summed E-state index contributed by atoms with van der Waals surface area (Å²) < 4.78 is 0. The molecule has 0 saturated heterocycles. The van der Waals surface area contributed by atoms with Crippen molar-refractivity contribution in [3.63, 3.8) is 0 Å². The van der Waals surface area contributed by atoms with Crippen molar-refractivity contribution < 1.29 is 0 Å². The quantitative estimate of drug-likeness (QED) is 0.759. The van der Waals surface area contributed by atoms with Gasteiger partial charge in [-0.25, -0.2) is 0 Å². The Morgan fingerprint density at radius 3 is 2.39 bits per heavy atom. The molecule has 1 unspecified atom stereocenters. The Morgan fingerprint density at radius 1 is 1.11 bits per heavy atom. The molecule has 0 spiro atoms. The van der Waals surface area contributed by atoms with Gasteiger partial charge in [-0.05, 0) is 62.3 Å². The van der Waals surface area contributed by atoms with E-state index < -0.39 is 0 Å². The maximum absolute atomic E-state index is 3.68. The van der Waals surface area contributed by atoms with Crippen LogP contribution in [0.5, 0.6) is 0 Å². The van der Waals surface area contributed by atoms with Gasteiger partial charge in [0.15, 0.2) is 0 Å². The fraction of sp³-hybridized carbons (Fsp3) is 0.647. The molecule has 0 aliphatic rings. The summed E-state index contributed by atoms with van der Waals surface area (Å²) >= 11 is 0. The van der Waals surface area contributed by atoms with Crippen LogP contribution >= 0.6 is 0 Å². The van der Waals surface area contributed by atoms with E-state index in [-0.39, 0.29) is 0 Å². The van der Waals surface area contributed by atoms with Gasteiger partial charge in [0.05, 0.1) is 0 Å². The van der Waals surface area contributed by atoms with E-state index in [1.807, 2.05) is 0 Å².